The van der Waals surface area contributed by atoms with Gasteiger partial charge in [-0.05, 0) is 12.1 Å². The van der Waals surface area contributed by atoms with Gasteiger partial charge >= 0.3 is 0 Å². The van der Waals surface area contributed by atoms with E-state index in [1.807, 2.05) is 0 Å². The first-order valence-electron chi connectivity index (χ1n) is 6.81. The molecule has 0 N–H and O–H groups in total. The number of halogens is 4. The zero-order valence-corrected chi connectivity index (χ0v) is 12.7. The molecule has 0 unspecified atom stereocenters. The molecule has 1 saturated heterocycles. The monoisotopic (exact) mass is 355 g/mol. The molecule has 2 aromatic carbocycles. The van der Waals surface area contributed by atoms with E-state index in [1.54, 1.807) is 18.2 Å². The van der Waals surface area contributed by atoms with Gasteiger partial charge in [-0.1, -0.05) is 18.2 Å². The topological polar surface area (TPSA) is 37.4 Å². The molecular formula is C16H9F4NO2S. The van der Waals surface area contributed by atoms with Crippen molar-refractivity contribution in [1.29, 1.82) is 0 Å². The van der Waals surface area contributed by atoms with E-state index < -0.39 is 45.2 Å². The zero-order chi connectivity index (χ0) is 17.4. The molecule has 0 aliphatic carbocycles. The van der Waals surface area contributed by atoms with E-state index in [2.05, 4.69) is 0 Å². The third-order valence-corrected chi connectivity index (χ3v) is 4.70. The minimum atomic E-state index is -1.59. The molecule has 1 aliphatic heterocycles. The van der Waals surface area contributed by atoms with Crippen molar-refractivity contribution in [2.75, 3.05) is 4.90 Å². The first kappa shape index (κ1) is 16.5. The number of para-hydroxylation sites is 1. The van der Waals surface area contributed by atoms with Gasteiger partial charge in [-0.3, -0.25) is 9.59 Å². The molecule has 0 spiro atoms. The van der Waals surface area contributed by atoms with Crippen LogP contribution in [0.2, 0.25) is 0 Å². The Kier molecular flexibility index (Phi) is 4.31. The van der Waals surface area contributed by atoms with Crippen molar-refractivity contribution in [3.8, 4) is 0 Å². The fraction of sp³-hybridized carbons (Fsp3) is 0.125. The second-order valence-corrected chi connectivity index (χ2v) is 6.22. The number of hydrogen-bond acceptors (Lipinski definition) is 3. The number of carbonyl (C=O) groups excluding carboxylic acids is 2. The second-order valence-electron chi connectivity index (χ2n) is 5.01. The highest BCUT2D eigenvalue weighted by atomic mass is 32.2. The molecule has 124 valence electrons. The number of amides is 2. The Hall–Kier alpha value is -2.35. The number of hydrogen-bond donors (Lipinski definition) is 0. The number of rotatable bonds is 3. The van der Waals surface area contributed by atoms with Crippen molar-refractivity contribution >= 4 is 29.3 Å². The molecular weight excluding hydrogens is 346 g/mol. The summed E-state index contributed by atoms with van der Waals surface area (Å²) >= 11 is 0.301. The number of benzene rings is 2. The van der Waals surface area contributed by atoms with Crippen LogP contribution >= 0.6 is 11.8 Å². The predicted octanol–water partition coefficient (Wildman–Crippen LogP) is 3.67. The van der Waals surface area contributed by atoms with E-state index in [0.717, 1.165) is 4.90 Å². The summed E-state index contributed by atoms with van der Waals surface area (Å²) in [6.07, 6.45) is -0.324. The molecule has 8 heteroatoms. The molecule has 0 aromatic heterocycles. The summed E-state index contributed by atoms with van der Waals surface area (Å²) < 4.78 is 54.0. The smallest absolute Gasteiger partial charge is 0.247 e. The molecule has 1 aliphatic rings. The Morgan fingerprint density at radius 3 is 2.12 bits per heavy atom. The van der Waals surface area contributed by atoms with Gasteiger partial charge in [0.05, 0.1) is 15.8 Å². The normalized spacial score (nSPS) is 17.7. The van der Waals surface area contributed by atoms with Gasteiger partial charge in [0.2, 0.25) is 11.8 Å². The van der Waals surface area contributed by atoms with Crippen LogP contribution in [0.3, 0.4) is 0 Å². The van der Waals surface area contributed by atoms with Gasteiger partial charge in [-0.2, -0.15) is 0 Å². The lowest BCUT2D eigenvalue weighted by Gasteiger charge is -2.15. The molecule has 3 nitrogen and oxygen atoms in total. The van der Waals surface area contributed by atoms with Crippen LogP contribution in [-0.4, -0.2) is 17.1 Å². The molecule has 3 rings (SSSR count). The van der Waals surface area contributed by atoms with Crippen molar-refractivity contribution in [2.24, 2.45) is 0 Å². The fourth-order valence-corrected chi connectivity index (χ4v) is 3.46. The highest BCUT2D eigenvalue weighted by Gasteiger charge is 2.41. The van der Waals surface area contributed by atoms with Crippen LogP contribution in [0.25, 0.3) is 0 Å². The molecule has 0 saturated carbocycles. The molecule has 1 heterocycles. The van der Waals surface area contributed by atoms with Crippen LogP contribution in [0.15, 0.2) is 41.3 Å². The standard InChI is InChI=1S/C16H9F4NO2S/c17-9-6-10(18)14(20)15(13(9)19)24-11-7-12(22)21(16(11)23)8-4-2-1-3-5-8/h1-6,11H,7H2/t11-/m0/s1. The van der Waals surface area contributed by atoms with E-state index >= 15 is 0 Å². The third kappa shape index (κ3) is 2.77. The zero-order valence-electron chi connectivity index (χ0n) is 11.9. The Morgan fingerprint density at radius 1 is 0.958 bits per heavy atom. The SMILES string of the molecule is O=C1C[C@H](Sc2c(F)c(F)cc(F)c2F)C(=O)N1c1ccccc1. The summed E-state index contributed by atoms with van der Waals surface area (Å²) in [6.45, 7) is 0. The summed E-state index contributed by atoms with van der Waals surface area (Å²) in [5, 5.41) is -1.16. The maximum atomic E-state index is 13.7. The molecule has 24 heavy (non-hydrogen) atoms. The lowest BCUT2D eigenvalue weighted by molar-refractivity contribution is -0.121. The number of thioether (sulfide) groups is 1. The van der Waals surface area contributed by atoms with Crippen molar-refractivity contribution in [2.45, 2.75) is 16.6 Å². The van der Waals surface area contributed by atoms with Crippen molar-refractivity contribution < 1.29 is 27.2 Å². The van der Waals surface area contributed by atoms with E-state index in [-0.39, 0.29) is 12.5 Å². The van der Waals surface area contributed by atoms with Gasteiger partial charge in [0, 0.05) is 12.5 Å². The summed E-state index contributed by atoms with van der Waals surface area (Å²) in [5.74, 6) is -7.54. The van der Waals surface area contributed by atoms with Gasteiger partial charge < -0.3 is 0 Å². The van der Waals surface area contributed by atoms with Crippen LogP contribution < -0.4 is 4.90 Å². The van der Waals surface area contributed by atoms with Crippen molar-refractivity contribution in [3.63, 3.8) is 0 Å². The highest BCUT2D eigenvalue weighted by Crippen LogP contribution is 2.37. The van der Waals surface area contributed by atoms with Crippen LogP contribution in [0, 0.1) is 23.3 Å². The van der Waals surface area contributed by atoms with E-state index in [4.69, 9.17) is 0 Å². The first-order chi connectivity index (χ1) is 11.4. The number of anilines is 1. The van der Waals surface area contributed by atoms with Gasteiger partial charge in [0.15, 0.2) is 23.3 Å². The Morgan fingerprint density at radius 2 is 1.54 bits per heavy atom. The first-order valence-corrected chi connectivity index (χ1v) is 7.69. The summed E-state index contributed by atoms with van der Waals surface area (Å²) in [6, 6.07) is 8.10. The predicted molar refractivity (Wildman–Crippen MR) is 79.5 cm³/mol. The number of carbonyl (C=O) groups is 2. The summed E-state index contributed by atoms with van der Waals surface area (Å²) in [7, 11) is 0. The lowest BCUT2D eigenvalue weighted by atomic mass is 10.3. The third-order valence-electron chi connectivity index (χ3n) is 3.45. The van der Waals surface area contributed by atoms with Gasteiger partial charge in [0.1, 0.15) is 0 Å². The van der Waals surface area contributed by atoms with Crippen molar-refractivity contribution in [3.05, 3.63) is 59.7 Å². The Labute approximate surface area is 138 Å². The number of imide groups is 1. The minimum Gasteiger partial charge on any atom is -0.274 e. The molecule has 2 aromatic rings. The Bertz CT molecular complexity index is 802. The van der Waals surface area contributed by atoms with Crippen LogP contribution in [-0.2, 0) is 9.59 Å². The largest absolute Gasteiger partial charge is 0.274 e. The molecule has 0 bridgehead atoms. The number of nitrogens with zero attached hydrogens (tertiary/aromatic N) is 1. The van der Waals surface area contributed by atoms with E-state index in [9.17, 15) is 27.2 Å². The van der Waals surface area contributed by atoms with E-state index in [1.165, 1.54) is 12.1 Å². The fourth-order valence-electron chi connectivity index (χ4n) is 2.34. The van der Waals surface area contributed by atoms with Gasteiger partial charge in [0.25, 0.3) is 0 Å². The maximum absolute atomic E-state index is 13.7. The quantitative estimate of drug-likeness (QED) is 0.479. The maximum Gasteiger partial charge on any atom is 0.247 e. The Balaban J connectivity index is 1.91. The van der Waals surface area contributed by atoms with E-state index in [0.29, 0.717) is 17.4 Å². The van der Waals surface area contributed by atoms with Crippen LogP contribution in [0.4, 0.5) is 23.2 Å². The summed E-state index contributed by atoms with van der Waals surface area (Å²) in [5.41, 5.74) is 0.321. The second kappa shape index (κ2) is 6.27. The van der Waals surface area contributed by atoms with Gasteiger partial charge in [-0.25, -0.2) is 22.5 Å². The van der Waals surface area contributed by atoms with Crippen LogP contribution in [0.1, 0.15) is 6.42 Å². The average molecular weight is 355 g/mol. The van der Waals surface area contributed by atoms with Gasteiger partial charge in [-0.15, -0.1) is 11.8 Å². The molecule has 0 radical (unpaired) electrons. The summed E-state index contributed by atoms with van der Waals surface area (Å²) in [4.78, 5) is 24.4. The molecule has 2 amide bonds. The molecule has 1 atom stereocenters. The average Bonchev–Trinajstić information content (AvgIpc) is 2.84. The lowest BCUT2D eigenvalue weighted by Crippen LogP contribution is -2.31. The highest BCUT2D eigenvalue weighted by molar-refractivity contribution is 8.00. The minimum absolute atomic E-state index is 0.0899. The van der Waals surface area contributed by atoms with Crippen molar-refractivity contribution in [1.82, 2.24) is 0 Å². The molecule has 1 fully saturated rings. The van der Waals surface area contributed by atoms with Crippen LogP contribution in [0.5, 0.6) is 0 Å².